The molecule has 0 spiro atoms. The van der Waals surface area contributed by atoms with E-state index in [4.69, 9.17) is 0 Å². The zero-order valence-corrected chi connectivity index (χ0v) is 13.9. The lowest BCUT2D eigenvalue weighted by Gasteiger charge is -2.28. The van der Waals surface area contributed by atoms with E-state index < -0.39 is 0 Å². The summed E-state index contributed by atoms with van der Waals surface area (Å²) in [6.07, 6.45) is 2.67. The van der Waals surface area contributed by atoms with Crippen molar-refractivity contribution >= 4 is 27.3 Å². The van der Waals surface area contributed by atoms with Gasteiger partial charge < -0.3 is 5.32 Å². The Labute approximate surface area is 123 Å². The van der Waals surface area contributed by atoms with Crippen LogP contribution < -0.4 is 5.32 Å². The molecule has 1 fully saturated rings. The first-order valence-corrected chi connectivity index (χ1v) is 8.28. The number of thiophene rings is 1. The van der Waals surface area contributed by atoms with Crippen LogP contribution in [0.5, 0.6) is 0 Å². The summed E-state index contributed by atoms with van der Waals surface area (Å²) in [7, 11) is 0. The third-order valence-corrected chi connectivity index (χ3v) is 4.96. The smallest absolute Gasteiger partial charge is 0.0701 e. The van der Waals surface area contributed by atoms with Crippen molar-refractivity contribution in [3.63, 3.8) is 0 Å². The number of nitrogens with one attached hydrogen (secondary N) is 1. The first-order chi connectivity index (χ1) is 8.44. The Bertz CT molecular complexity index is 383. The Morgan fingerprint density at radius 1 is 1.44 bits per heavy atom. The van der Waals surface area contributed by atoms with Gasteiger partial charge in [-0.3, -0.25) is 4.90 Å². The summed E-state index contributed by atoms with van der Waals surface area (Å²) in [6, 6.07) is 5.09. The van der Waals surface area contributed by atoms with E-state index in [1.165, 1.54) is 28.0 Å². The predicted octanol–water partition coefficient (Wildman–Crippen LogP) is 3.86. The van der Waals surface area contributed by atoms with Gasteiger partial charge in [-0.15, -0.1) is 11.3 Å². The fourth-order valence-electron chi connectivity index (χ4n) is 2.40. The van der Waals surface area contributed by atoms with Gasteiger partial charge in [-0.25, -0.2) is 0 Å². The van der Waals surface area contributed by atoms with Crippen molar-refractivity contribution in [2.24, 2.45) is 0 Å². The summed E-state index contributed by atoms with van der Waals surface area (Å²) in [5, 5.41) is 3.64. The molecule has 102 valence electrons. The number of rotatable bonds is 4. The van der Waals surface area contributed by atoms with Gasteiger partial charge in [-0.2, -0.15) is 0 Å². The van der Waals surface area contributed by atoms with Crippen molar-refractivity contribution in [1.82, 2.24) is 10.2 Å². The Morgan fingerprint density at radius 3 is 2.83 bits per heavy atom. The van der Waals surface area contributed by atoms with Crippen LogP contribution in [0, 0.1) is 0 Å². The summed E-state index contributed by atoms with van der Waals surface area (Å²) < 4.78 is 1.24. The molecule has 4 heteroatoms. The lowest BCUT2D eigenvalue weighted by Crippen LogP contribution is -2.44. The molecule has 2 nitrogen and oxygen atoms in total. The standard InChI is InChI=1S/C14H23BrN2S/c1-14(2,3)16-9-11-5-4-8-17(11)10-12-6-7-13(15)18-12/h6-7,11,16H,4-5,8-10H2,1-3H3. The summed E-state index contributed by atoms with van der Waals surface area (Å²) in [5.41, 5.74) is 0.222. The zero-order valence-electron chi connectivity index (χ0n) is 11.5. The highest BCUT2D eigenvalue weighted by molar-refractivity contribution is 9.11. The van der Waals surface area contributed by atoms with Gasteiger partial charge in [-0.1, -0.05) is 0 Å². The number of hydrogen-bond donors (Lipinski definition) is 1. The van der Waals surface area contributed by atoms with Gasteiger partial charge in [0.1, 0.15) is 0 Å². The van der Waals surface area contributed by atoms with Crippen LogP contribution in [-0.4, -0.2) is 29.6 Å². The highest BCUT2D eigenvalue weighted by atomic mass is 79.9. The molecule has 1 saturated heterocycles. The van der Waals surface area contributed by atoms with E-state index in [0.29, 0.717) is 6.04 Å². The van der Waals surface area contributed by atoms with E-state index in [1.807, 2.05) is 11.3 Å². The molecule has 2 rings (SSSR count). The van der Waals surface area contributed by atoms with Crippen molar-refractivity contribution in [3.8, 4) is 0 Å². The van der Waals surface area contributed by atoms with E-state index in [9.17, 15) is 0 Å². The van der Waals surface area contributed by atoms with Crippen LogP contribution in [0.15, 0.2) is 15.9 Å². The minimum absolute atomic E-state index is 0.222. The molecule has 1 N–H and O–H groups in total. The third kappa shape index (κ3) is 4.34. The number of halogens is 1. The van der Waals surface area contributed by atoms with Crippen LogP contribution >= 0.6 is 27.3 Å². The maximum atomic E-state index is 3.64. The lowest BCUT2D eigenvalue weighted by molar-refractivity contribution is 0.227. The van der Waals surface area contributed by atoms with Gasteiger partial charge in [0, 0.05) is 29.5 Å². The minimum Gasteiger partial charge on any atom is -0.311 e. The largest absolute Gasteiger partial charge is 0.311 e. The summed E-state index contributed by atoms with van der Waals surface area (Å²) in [6.45, 7) is 10.2. The van der Waals surface area contributed by atoms with Gasteiger partial charge in [-0.05, 0) is 68.2 Å². The van der Waals surface area contributed by atoms with Crippen molar-refractivity contribution in [2.75, 3.05) is 13.1 Å². The molecule has 1 aliphatic heterocycles. The lowest BCUT2D eigenvalue weighted by atomic mass is 10.1. The topological polar surface area (TPSA) is 15.3 Å². The Kier molecular flexibility index (Phi) is 4.86. The SMILES string of the molecule is CC(C)(C)NCC1CCCN1Cc1ccc(Br)s1. The van der Waals surface area contributed by atoms with Crippen LogP contribution in [0.1, 0.15) is 38.5 Å². The first kappa shape index (κ1) is 14.5. The van der Waals surface area contributed by atoms with Gasteiger partial charge in [0.05, 0.1) is 3.79 Å². The summed E-state index contributed by atoms with van der Waals surface area (Å²) in [4.78, 5) is 4.08. The average Bonchev–Trinajstić information content (AvgIpc) is 2.85. The minimum atomic E-state index is 0.222. The van der Waals surface area contributed by atoms with Crippen LogP contribution in [-0.2, 0) is 6.54 Å². The number of likely N-dealkylation sites (tertiary alicyclic amines) is 1. The first-order valence-electron chi connectivity index (χ1n) is 6.67. The molecule has 1 aromatic heterocycles. The molecule has 0 aromatic carbocycles. The van der Waals surface area contributed by atoms with Gasteiger partial charge in [0.15, 0.2) is 0 Å². The molecular weight excluding hydrogens is 308 g/mol. The van der Waals surface area contributed by atoms with E-state index in [-0.39, 0.29) is 5.54 Å². The van der Waals surface area contributed by atoms with E-state index in [1.54, 1.807) is 0 Å². The van der Waals surface area contributed by atoms with E-state index in [2.05, 4.69) is 59.1 Å². The molecule has 1 unspecified atom stereocenters. The normalized spacial score (nSPS) is 21.7. The van der Waals surface area contributed by atoms with Crippen molar-refractivity contribution < 1.29 is 0 Å². The average molecular weight is 331 g/mol. The maximum Gasteiger partial charge on any atom is 0.0701 e. The van der Waals surface area contributed by atoms with Crippen LogP contribution in [0.3, 0.4) is 0 Å². The van der Waals surface area contributed by atoms with E-state index >= 15 is 0 Å². The van der Waals surface area contributed by atoms with Gasteiger partial charge in [0.2, 0.25) is 0 Å². The van der Waals surface area contributed by atoms with Crippen LogP contribution in [0.2, 0.25) is 0 Å². The fourth-order valence-corrected chi connectivity index (χ4v) is 3.90. The van der Waals surface area contributed by atoms with Crippen molar-refractivity contribution in [1.29, 1.82) is 0 Å². The Hall–Kier alpha value is 0.1000. The second-order valence-electron chi connectivity index (χ2n) is 6.10. The number of hydrogen-bond acceptors (Lipinski definition) is 3. The summed E-state index contributed by atoms with van der Waals surface area (Å²) in [5.74, 6) is 0. The summed E-state index contributed by atoms with van der Waals surface area (Å²) >= 11 is 5.40. The second kappa shape index (κ2) is 6.04. The molecule has 0 radical (unpaired) electrons. The van der Waals surface area contributed by atoms with Crippen LogP contribution in [0.25, 0.3) is 0 Å². The molecule has 18 heavy (non-hydrogen) atoms. The highest BCUT2D eigenvalue weighted by Gasteiger charge is 2.25. The fraction of sp³-hybridized carbons (Fsp3) is 0.714. The predicted molar refractivity (Wildman–Crippen MR) is 83.2 cm³/mol. The van der Waals surface area contributed by atoms with Crippen LogP contribution in [0.4, 0.5) is 0 Å². The Morgan fingerprint density at radius 2 is 2.22 bits per heavy atom. The molecular formula is C14H23BrN2S. The second-order valence-corrected chi connectivity index (χ2v) is 8.65. The number of nitrogens with zero attached hydrogens (tertiary/aromatic N) is 1. The molecule has 1 aliphatic rings. The van der Waals surface area contributed by atoms with Gasteiger partial charge >= 0.3 is 0 Å². The molecule has 2 heterocycles. The van der Waals surface area contributed by atoms with Gasteiger partial charge in [0.25, 0.3) is 0 Å². The molecule has 0 saturated carbocycles. The maximum absolute atomic E-state index is 3.64. The Balaban J connectivity index is 1.87. The van der Waals surface area contributed by atoms with Crippen molar-refractivity contribution in [2.45, 2.75) is 51.7 Å². The molecule has 0 amide bonds. The zero-order chi connectivity index (χ0) is 13.2. The highest BCUT2D eigenvalue weighted by Crippen LogP contribution is 2.26. The van der Waals surface area contributed by atoms with Crippen molar-refractivity contribution in [3.05, 3.63) is 20.8 Å². The molecule has 0 bridgehead atoms. The molecule has 1 atom stereocenters. The third-order valence-electron chi connectivity index (χ3n) is 3.35. The monoisotopic (exact) mass is 330 g/mol. The quantitative estimate of drug-likeness (QED) is 0.901. The molecule has 0 aliphatic carbocycles. The van der Waals surface area contributed by atoms with E-state index in [0.717, 1.165) is 13.1 Å². The molecule has 1 aromatic rings.